The fourth-order valence-electron chi connectivity index (χ4n) is 10.4. The second-order valence-electron chi connectivity index (χ2n) is 24.5. The average Bonchev–Trinajstić information content (AvgIpc) is 1.68. The Bertz CT molecular complexity index is 4170. The van der Waals surface area contributed by atoms with Crippen LogP contribution in [0.5, 0.6) is 5.88 Å². The number of aromatic nitrogens is 5. The number of hydrogen-bond acceptors (Lipinski definition) is 23. The minimum absolute atomic E-state index is 0.00572. The summed E-state index contributed by atoms with van der Waals surface area (Å²) in [4.78, 5) is 173. The number of nitrogens with one attached hydrogen (secondary N) is 9. The smallest absolute Gasteiger partial charge is 0.407 e. The summed E-state index contributed by atoms with van der Waals surface area (Å²) in [6.07, 6.45) is -2.39. The summed E-state index contributed by atoms with van der Waals surface area (Å²) in [6.45, 7) is 4.06. The SMILES string of the molecule is CC(C)[C@H](NC(=O)[C@H](CCC(=O)O)NC(=O)[C@H](CCC(=O)O)NC(=O)CCOCCOCCOCCOCCN1C(=O)C=CC1=O)C(=O)N[C@@H](CCCNC(N)=O)C(=O)Nc1ccc(COC(=O)NCCOc2cnc3ccc(-c4[nH]c(CNc5cccc(C(=O)O)c5)nc4-c4cccc(C(F)F)n4)cc3n2)cc1. The fourth-order valence-corrected chi connectivity index (χ4v) is 10.4. The Kier molecular flexibility index (Phi) is 33.5. The van der Waals surface area contributed by atoms with Gasteiger partial charge in [-0.15, -0.1) is 0 Å². The number of aliphatic carboxylic acids is 2. The van der Waals surface area contributed by atoms with E-state index in [9.17, 15) is 81.6 Å². The van der Waals surface area contributed by atoms with Crippen molar-refractivity contribution >= 4 is 93.8 Å². The van der Waals surface area contributed by atoms with Crippen molar-refractivity contribution in [2.75, 3.05) is 89.7 Å². The zero-order chi connectivity index (χ0) is 78.8. The van der Waals surface area contributed by atoms with Crippen LogP contribution in [0.2, 0.25) is 0 Å². The van der Waals surface area contributed by atoms with E-state index in [4.69, 9.17) is 34.2 Å². The van der Waals surface area contributed by atoms with Crippen molar-refractivity contribution in [3.05, 3.63) is 126 Å². The Labute approximate surface area is 621 Å². The predicted octanol–water partition coefficient (Wildman–Crippen LogP) is 3.73. The van der Waals surface area contributed by atoms with E-state index in [0.29, 0.717) is 39.4 Å². The number of aromatic amines is 1. The molecule has 4 atom stereocenters. The largest absolute Gasteiger partial charge is 0.481 e. The number of aromatic carboxylic acids is 1. The molecule has 7 rings (SSSR count). The van der Waals surface area contributed by atoms with Gasteiger partial charge in [0.25, 0.3) is 18.2 Å². The number of anilines is 2. The lowest BCUT2D eigenvalue weighted by Crippen LogP contribution is -2.59. The molecule has 4 heterocycles. The maximum absolute atomic E-state index is 14.1. The number of imidazole rings is 1. The molecular formula is C71H85F2N15O21. The topological polar surface area (TPSA) is 514 Å². The Hall–Kier alpha value is -12.2. The first-order valence-electron chi connectivity index (χ1n) is 34.4. The quantitative estimate of drug-likeness (QED) is 0.0191. The molecule has 3 aromatic carbocycles. The monoisotopic (exact) mass is 1520 g/mol. The maximum atomic E-state index is 14.1. The van der Waals surface area contributed by atoms with Gasteiger partial charge in [-0.05, 0) is 91.8 Å². The Morgan fingerprint density at radius 3 is 1.90 bits per heavy atom. The lowest BCUT2D eigenvalue weighted by Gasteiger charge is -2.28. The van der Waals surface area contributed by atoms with Crippen molar-refractivity contribution in [1.82, 2.24) is 61.7 Å². The minimum Gasteiger partial charge on any atom is -0.481 e. The van der Waals surface area contributed by atoms with E-state index in [0.717, 1.165) is 4.90 Å². The van der Waals surface area contributed by atoms with Crippen LogP contribution in [0.4, 0.5) is 29.7 Å². The number of imide groups is 1. The third-order valence-electron chi connectivity index (χ3n) is 16.0. The zero-order valence-electron chi connectivity index (χ0n) is 59.4. The number of fused-ring (bicyclic) bond motifs is 1. The molecule has 0 fully saturated rings. The van der Waals surface area contributed by atoms with Gasteiger partial charge >= 0.3 is 30.0 Å². The molecule has 36 nitrogen and oxygen atoms in total. The minimum atomic E-state index is -2.85. The lowest BCUT2D eigenvalue weighted by molar-refractivity contribution is -0.140. The molecule has 0 saturated heterocycles. The summed E-state index contributed by atoms with van der Waals surface area (Å²) >= 11 is 0. The summed E-state index contributed by atoms with van der Waals surface area (Å²) in [5.74, 6) is -9.25. The van der Waals surface area contributed by atoms with Gasteiger partial charge < -0.3 is 97.0 Å². The van der Waals surface area contributed by atoms with Gasteiger partial charge in [0.15, 0.2) is 0 Å². The van der Waals surface area contributed by atoms with Crippen molar-refractivity contribution < 1.29 is 110 Å². The molecule has 6 aromatic rings. The first kappa shape index (κ1) is 84.1. The van der Waals surface area contributed by atoms with Gasteiger partial charge in [-0.3, -0.25) is 48.1 Å². The van der Waals surface area contributed by atoms with Crippen LogP contribution in [0, 0.1) is 5.92 Å². The van der Waals surface area contributed by atoms with Gasteiger partial charge in [0.2, 0.25) is 35.4 Å². The highest BCUT2D eigenvalue weighted by molar-refractivity contribution is 6.13. The molecule has 38 heteroatoms. The summed E-state index contributed by atoms with van der Waals surface area (Å²) < 4.78 is 60.5. The molecule has 1 aliphatic heterocycles. The van der Waals surface area contributed by atoms with E-state index in [-0.39, 0.29) is 140 Å². The van der Waals surface area contributed by atoms with E-state index in [2.05, 4.69) is 67.5 Å². The van der Waals surface area contributed by atoms with E-state index in [1.165, 1.54) is 54.7 Å². The molecule has 0 radical (unpaired) electrons. The molecule has 0 bridgehead atoms. The van der Waals surface area contributed by atoms with Crippen molar-refractivity contribution in [1.29, 1.82) is 0 Å². The van der Waals surface area contributed by atoms with Crippen LogP contribution >= 0.6 is 0 Å². The zero-order valence-corrected chi connectivity index (χ0v) is 59.4. The molecule has 584 valence electrons. The molecule has 0 saturated carbocycles. The van der Waals surface area contributed by atoms with Crippen molar-refractivity contribution in [2.45, 2.75) is 103 Å². The van der Waals surface area contributed by atoms with Gasteiger partial charge in [-0.25, -0.2) is 43.1 Å². The van der Waals surface area contributed by atoms with Gasteiger partial charge in [0.05, 0.1) is 107 Å². The number of alkyl halides is 2. The number of hydrogen-bond donors (Lipinski definition) is 13. The number of H-pyrrole nitrogens is 1. The number of carboxylic acid groups (broad SMARTS) is 3. The molecule has 3 aromatic heterocycles. The first-order valence-corrected chi connectivity index (χ1v) is 34.4. The number of alkyl carbamates (subject to hydrolysis) is 1. The maximum Gasteiger partial charge on any atom is 0.407 e. The Morgan fingerprint density at radius 1 is 0.615 bits per heavy atom. The van der Waals surface area contributed by atoms with Crippen molar-refractivity contribution in [3.8, 4) is 28.5 Å². The number of nitrogens with two attached hydrogens (primary N) is 1. The van der Waals surface area contributed by atoms with Crippen LogP contribution in [0.15, 0.2) is 103 Å². The van der Waals surface area contributed by atoms with Crippen molar-refractivity contribution in [3.63, 3.8) is 0 Å². The van der Waals surface area contributed by atoms with Gasteiger partial charge in [-0.1, -0.05) is 44.2 Å². The standard InChI is InChI=1S/C71H85F2N15O21/c1-41(2)61(87-67(98)52(18-22-60(94)95)83-66(97)51(17-21-59(92)93)81-55(89)23-27-104-30-32-106-34-35-107-33-31-105-29-26-88-57(90)19-20-58(88)91)68(99)84-50(10-5-24-75-70(74)102)65(96)79-45-14-11-42(12-15-45)40-109-71(103)76-25-28-108-56-39-78-47-16-13-43(37-53(47)82-56)62-63(48-8-4-9-49(80-48)64(72)73)86-54(85-62)38-77-46-7-3-6-44(36-46)69(100)101/h3-4,6-9,11-16,19-20,36-37,39,41,50-52,61,64,77H,5,10,17-18,21-35,38,40H2,1-2H3,(H,76,103)(H,79,96)(H,81,89)(H,83,97)(H,84,99)(H,85,86)(H,87,98)(H,92,93)(H,94,95)(H,100,101)(H3,74,75,102)/t50-,51-,52-,61-/m0/s1. The third-order valence-corrected chi connectivity index (χ3v) is 16.0. The highest BCUT2D eigenvalue weighted by Gasteiger charge is 2.34. The molecular weight excluding hydrogens is 1440 g/mol. The number of urea groups is 1. The normalized spacial score (nSPS) is 12.9. The number of ether oxygens (including phenoxy) is 6. The number of halogens is 2. The van der Waals surface area contributed by atoms with Crippen molar-refractivity contribution in [2.24, 2.45) is 11.7 Å². The van der Waals surface area contributed by atoms with E-state index < -0.39 is 139 Å². The molecule has 0 spiro atoms. The highest BCUT2D eigenvalue weighted by atomic mass is 19.3. The van der Waals surface area contributed by atoms with E-state index in [1.807, 2.05) is 0 Å². The molecule has 0 aliphatic carbocycles. The first-order chi connectivity index (χ1) is 52.3. The molecule has 0 unspecified atom stereocenters. The molecule has 109 heavy (non-hydrogen) atoms. The third kappa shape index (κ3) is 28.6. The molecule has 10 amide bonds. The van der Waals surface area contributed by atoms with E-state index in [1.54, 1.807) is 62.4 Å². The van der Waals surface area contributed by atoms with Crippen LogP contribution in [-0.4, -0.2) is 220 Å². The van der Waals surface area contributed by atoms with Gasteiger partial charge in [-0.2, -0.15) is 0 Å². The Morgan fingerprint density at radius 2 is 1.25 bits per heavy atom. The number of primary amides is 1. The average molecular weight is 1520 g/mol. The van der Waals surface area contributed by atoms with Gasteiger partial charge in [0.1, 0.15) is 54.6 Å². The lowest BCUT2D eigenvalue weighted by atomic mass is 10.0. The number of benzene rings is 3. The van der Waals surface area contributed by atoms with Crippen LogP contribution in [-0.2, 0) is 80.0 Å². The number of nitrogens with zero attached hydrogens (tertiary/aromatic N) is 5. The summed E-state index contributed by atoms with van der Waals surface area (Å²) in [7, 11) is 0. The van der Waals surface area contributed by atoms with Crippen LogP contribution in [0.1, 0.15) is 92.7 Å². The number of carbonyl (C=O) groups is 12. The van der Waals surface area contributed by atoms with Crippen LogP contribution in [0.3, 0.4) is 0 Å². The highest BCUT2D eigenvalue weighted by Crippen LogP contribution is 2.33. The summed E-state index contributed by atoms with van der Waals surface area (Å²) in [5, 5.41) is 49.2. The fraction of sp³-hybridized carbons (Fsp3) is 0.408. The number of pyridine rings is 1. The second kappa shape index (κ2) is 43.5. The predicted molar refractivity (Wildman–Crippen MR) is 382 cm³/mol. The van der Waals surface area contributed by atoms with Crippen LogP contribution < -0.4 is 53.0 Å². The van der Waals surface area contributed by atoms with Gasteiger partial charge in [0, 0.05) is 54.9 Å². The number of rotatable bonds is 48. The summed E-state index contributed by atoms with van der Waals surface area (Å²) in [5.41, 5.74) is 8.32. The second-order valence-corrected chi connectivity index (χ2v) is 24.5. The Balaban J connectivity index is 0.866. The summed E-state index contributed by atoms with van der Waals surface area (Å²) in [6, 6.07) is 14.8. The number of amides is 10. The van der Waals surface area contributed by atoms with E-state index >= 15 is 0 Å². The molecule has 14 N–H and O–H groups in total. The number of carbonyl (C=O) groups excluding carboxylic acids is 9. The molecule has 1 aliphatic rings. The van der Waals surface area contributed by atoms with Crippen LogP contribution in [0.25, 0.3) is 33.7 Å². The number of carboxylic acids is 3.